The Hall–Kier alpha value is -3.27. The first kappa shape index (κ1) is 15.3. The SMILES string of the molecule is O=C1O[N+](c2ccccc2F)=C(c2ccccc2)C1c1ccccc1. The van der Waals surface area contributed by atoms with E-state index in [-0.39, 0.29) is 5.69 Å². The Morgan fingerprint density at radius 2 is 1.40 bits per heavy atom. The minimum atomic E-state index is -0.608. The second-order valence-electron chi connectivity index (χ2n) is 5.75. The maximum Gasteiger partial charge on any atom is 0.398 e. The van der Waals surface area contributed by atoms with Gasteiger partial charge in [0, 0.05) is 16.4 Å². The fourth-order valence-corrected chi connectivity index (χ4v) is 3.05. The van der Waals surface area contributed by atoms with Gasteiger partial charge in [-0.15, -0.1) is 0 Å². The summed E-state index contributed by atoms with van der Waals surface area (Å²) in [6, 6.07) is 25.1. The third-order valence-electron chi connectivity index (χ3n) is 4.18. The summed E-state index contributed by atoms with van der Waals surface area (Å²) in [6.07, 6.45) is 0. The van der Waals surface area contributed by atoms with Crippen molar-refractivity contribution in [1.82, 2.24) is 0 Å². The first-order valence-electron chi connectivity index (χ1n) is 7.99. The molecule has 0 fully saturated rings. The lowest BCUT2D eigenvalue weighted by molar-refractivity contribution is -0.693. The third kappa shape index (κ3) is 2.72. The molecule has 1 aliphatic rings. The standard InChI is InChI=1S/C21H15FNO2/c22-17-13-7-8-14-18(17)23-20(16-11-5-2-6-12-16)19(21(24)25-23)15-9-3-1-4-10-15/h1-14,19H/q+1. The fraction of sp³-hybridized carbons (Fsp3) is 0.0476. The van der Waals surface area contributed by atoms with Crippen LogP contribution in [0.1, 0.15) is 17.0 Å². The van der Waals surface area contributed by atoms with E-state index in [4.69, 9.17) is 4.84 Å². The highest BCUT2D eigenvalue weighted by molar-refractivity contribution is 6.15. The van der Waals surface area contributed by atoms with E-state index in [2.05, 4.69) is 0 Å². The summed E-state index contributed by atoms with van der Waals surface area (Å²) < 4.78 is 15.7. The van der Waals surface area contributed by atoms with Crippen LogP contribution in [-0.2, 0) is 9.63 Å². The smallest absolute Gasteiger partial charge is 0.243 e. The van der Waals surface area contributed by atoms with Gasteiger partial charge in [0.15, 0.2) is 11.7 Å². The van der Waals surface area contributed by atoms with Crippen LogP contribution in [0.5, 0.6) is 0 Å². The van der Waals surface area contributed by atoms with Crippen molar-refractivity contribution in [3.63, 3.8) is 0 Å². The summed E-state index contributed by atoms with van der Waals surface area (Å²) in [5.41, 5.74) is 2.45. The molecule has 122 valence electrons. The Kier molecular flexibility index (Phi) is 3.86. The van der Waals surface area contributed by atoms with Gasteiger partial charge >= 0.3 is 5.97 Å². The van der Waals surface area contributed by atoms with Gasteiger partial charge in [-0.2, -0.15) is 9.23 Å². The number of hydrogen-bond acceptors (Lipinski definition) is 2. The highest BCUT2D eigenvalue weighted by atomic mass is 19.1. The van der Waals surface area contributed by atoms with Crippen LogP contribution in [0.2, 0.25) is 0 Å². The van der Waals surface area contributed by atoms with Crippen molar-refractivity contribution >= 4 is 17.4 Å². The zero-order valence-corrected chi connectivity index (χ0v) is 13.3. The quantitative estimate of drug-likeness (QED) is 0.531. The number of carbonyl (C=O) groups is 1. The molecule has 4 rings (SSSR count). The number of nitrogens with zero attached hydrogens (tertiary/aromatic N) is 1. The molecule has 0 saturated heterocycles. The van der Waals surface area contributed by atoms with Crippen molar-refractivity contribution in [3.05, 3.63) is 102 Å². The zero-order valence-electron chi connectivity index (χ0n) is 13.3. The van der Waals surface area contributed by atoms with Crippen LogP contribution in [0.3, 0.4) is 0 Å². The first-order valence-corrected chi connectivity index (χ1v) is 7.99. The minimum absolute atomic E-state index is 0.216. The molecule has 3 nitrogen and oxygen atoms in total. The summed E-state index contributed by atoms with van der Waals surface area (Å²) in [4.78, 5) is 18.1. The van der Waals surface area contributed by atoms with Gasteiger partial charge in [-0.3, -0.25) is 0 Å². The highest BCUT2D eigenvalue weighted by Gasteiger charge is 2.47. The maximum atomic E-state index is 14.3. The Balaban J connectivity index is 1.97. The average Bonchev–Trinajstić information content (AvgIpc) is 3.00. The zero-order chi connectivity index (χ0) is 17.2. The molecule has 0 saturated carbocycles. The number of carbonyl (C=O) groups excluding carboxylic acids is 1. The van der Waals surface area contributed by atoms with Crippen molar-refractivity contribution < 1.29 is 18.8 Å². The molecule has 1 heterocycles. The van der Waals surface area contributed by atoms with E-state index < -0.39 is 17.7 Å². The molecule has 0 amide bonds. The topological polar surface area (TPSA) is 29.3 Å². The van der Waals surface area contributed by atoms with Crippen LogP contribution in [0.15, 0.2) is 84.9 Å². The van der Waals surface area contributed by atoms with Crippen molar-refractivity contribution in [1.29, 1.82) is 0 Å². The number of halogens is 1. The second kappa shape index (κ2) is 6.32. The molecule has 1 unspecified atom stereocenters. The second-order valence-corrected chi connectivity index (χ2v) is 5.75. The van der Waals surface area contributed by atoms with Gasteiger partial charge < -0.3 is 0 Å². The molecule has 1 atom stereocenters. The molecule has 3 aromatic carbocycles. The Morgan fingerprint density at radius 1 is 0.800 bits per heavy atom. The van der Waals surface area contributed by atoms with E-state index in [1.807, 2.05) is 60.7 Å². The van der Waals surface area contributed by atoms with Crippen molar-refractivity contribution in [2.75, 3.05) is 0 Å². The number of benzene rings is 3. The van der Waals surface area contributed by atoms with Gasteiger partial charge in [-0.05, 0) is 23.8 Å². The van der Waals surface area contributed by atoms with Gasteiger partial charge in [-0.1, -0.05) is 60.7 Å². The van der Waals surface area contributed by atoms with E-state index in [1.54, 1.807) is 18.2 Å². The molecule has 0 radical (unpaired) electrons. The molecule has 1 aliphatic heterocycles. The molecule has 0 bridgehead atoms. The minimum Gasteiger partial charge on any atom is -0.243 e. The van der Waals surface area contributed by atoms with Crippen LogP contribution >= 0.6 is 0 Å². The van der Waals surface area contributed by atoms with Gasteiger partial charge in [0.1, 0.15) is 0 Å². The average molecular weight is 332 g/mol. The summed E-state index contributed by atoms with van der Waals surface area (Å²) in [6.45, 7) is 0. The van der Waals surface area contributed by atoms with Crippen LogP contribution < -0.4 is 0 Å². The predicted molar refractivity (Wildman–Crippen MR) is 92.1 cm³/mol. The lowest BCUT2D eigenvalue weighted by Gasteiger charge is -2.05. The normalized spacial score (nSPS) is 16.8. The van der Waals surface area contributed by atoms with Gasteiger partial charge in [0.25, 0.3) is 11.4 Å². The van der Waals surface area contributed by atoms with Gasteiger partial charge in [-0.25, -0.2) is 4.79 Å². The van der Waals surface area contributed by atoms with Crippen LogP contribution in [0, 0.1) is 5.82 Å². The molecule has 0 aromatic heterocycles. The van der Waals surface area contributed by atoms with Crippen LogP contribution in [0.4, 0.5) is 10.1 Å². The van der Waals surface area contributed by atoms with E-state index in [0.29, 0.717) is 5.71 Å². The molecule has 4 heteroatoms. The summed E-state index contributed by atoms with van der Waals surface area (Å²) in [5.74, 6) is -1.48. The van der Waals surface area contributed by atoms with E-state index in [9.17, 15) is 9.18 Å². The lowest BCUT2D eigenvalue weighted by Crippen LogP contribution is -2.18. The third-order valence-corrected chi connectivity index (χ3v) is 4.18. The van der Waals surface area contributed by atoms with E-state index in [1.165, 1.54) is 10.8 Å². The molecule has 0 spiro atoms. The van der Waals surface area contributed by atoms with Crippen molar-refractivity contribution in [2.45, 2.75) is 5.92 Å². The van der Waals surface area contributed by atoms with Crippen LogP contribution in [0.25, 0.3) is 0 Å². The highest BCUT2D eigenvalue weighted by Crippen LogP contribution is 2.32. The molecule has 0 N–H and O–H groups in total. The number of hydrogen-bond donors (Lipinski definition) is 0. The molecular formula is C21H15FNO2+. The first-order chi connectivity index (χ1) is 12.3. The number of para-hydroxylation sites is 1. The molecule has 3 aromatic rings. The van der Waals surface area contributed by atoms with Gasteiger partial charge in [0.2, 0.25) is 0 Å². The Labute approximate surface area is 144 Å². The molecule has 0 aliphatic carbocycles. The van der Waals surface area contributed by atoms with Crippen molar-refractivity contribution in [3.8, 4) is 0 Å². The van der Waals surface area contributed by atoms with Crippen LogP contribution in [-0.4, -0.2) is 16.4 Å². The number of rotatable bonds is 3. The summed E-state index contributed by atoms with van der Waals surface area (Å²) in [5, 5.41) is 0. The van der Waals surface area contributed by atoms with E-state index >= 15 is 0 Å². The Morgan fingerprint density at radius 3 is 2.08 bits per heavy atom. The monoisotopic (exact) mass is 332 g/mol. The maximum absolute atomic E-state index is 14.3. The largest absolute Gasteiger partial charge is 0.398 e. The van der Waals surface area contributed by atoms with Crippen molar-refractivity contribution in [2.24, 2.45) is 0 Å². The lowest BCUT2D eigenvalue weighted by atomic mass is 9.90. The fourth-order valence-electron chi connectivity index (χ4n) is 3.05. The molecular weight excluding hydrogens is 317 g/mol. The van der Waals surface area contributed by atoms with Gasteiger partial charge in [0.05, 0.1) is 0 Å². The predicted octanol–water partition coefficient (Wildman–Crippen LogP) is 4.21. The van der Waals surface area contributed by atoms with E-state index in [0.717, 1.165) is 11.1 Å². The molecule has 25 heavy (non-hydrogen) atoms. The Bertz CT molecular complexity index is 952. The summed E-state index contributed by atoms with van der Waals surface area (Å²) in [7, 11) is 0. The summed E-state index contributed by atoms with van der Waals surface area (Å²) >= 11 is 0.